The van der Waals surface area contributed by atoms with Gasteiger partial charge in [-0.05, 0) is 37.5 Å². The third-order valence-electron chi connectivity index (χ3n) is 2.85. The lowest BCUT2D eigenvalue weighted by Gasteiger charge is -2.23. The van der Waals surface area contributed by atoms with Crippen LogP contribution >= 0.6 is 0 Å². The van der Waals surface area contributed by atoms with Crippen molar-refractivity contribution in [2.45, 2.75) is 33.0 Å². The van der Waals surface area contributed by atoms with Gasteiger partial charge in [0.15, 0.2) is 6.29 Å². The average Bonchev–Trinajstić information content (AvgIpc) is 2.35. The third-order valence-corrected chi connectivity index (χ3v) is 2.85. The molecule has 1 heterocycles. The fraction of sp³-hybridized carbons (Fsp3) is 0.571. The normalized spacial score (nSPS) is 17.1. The number of ether oxygens (including phenoxy) is 3. The standard InChI is InChI=1S/C14H20O3/c1-11-4-5-12(2)13(10-11)15-9-6-14-16-7-3-8-17-14/h4-5,10,14H,3,6-9H2,1-2H3. The highest BCUT2D eigenvalue weighted by atomic mass is 16.7. The van der Waals surface area contributed by atoms with Gasteiger partial charge in [0.05, 0.1) is 19.8 Å². The maximum absolute atomic E-state index is 5.76. The summed E-state index contributed by atoms with van der Waals surface area (Å²) in [5.74, 6) is 0.959. The first-order valence-corrected chi connectivity index (χ1v) is 6.19. The fourth-order valence-electron chi connectivity index (χ4n) is 1.83. The Kier molecular flexibility index (Phi) is 4.40. The topological polar surface area (TPSA) is 27.7 Å². The van der Waals surface area contributed by atoms with Crippen LogP contribution in [0.2, 0.25) is 0 Å². The van der Waals surface area contributed by atoms with Gasteiger partial charge in [-0.2, -0.15) is 0 Å². The van der Waals surface area contributed by atoms with Gasteiger partial charge in [-0.1, -0.05) is 12.1 Å². The van der Waals surface area contributed by atoms with Gasteiger partial charge >= 0.3 is 0 Å². The van der Waals surface area contributed by atoms with Crippen molar-refractivity contribution in [2.75, 3.05) is 19.8 Å². The highest BCUT2D eigenvalue weighted by Gasteiger charge is 2.14. The summed E-state index contributed by atoms with van der Waals surface area (Å²) in [7, 11) is 0. The molecule has 0 radical (unpaired) electrons. The predicted molar refractivity (Wildman–Crippen MR) is 66.3 cm³/mol. The highest BCUT2D eigenvalue weighted by Crippen LogP contribution is 2.19. The molecule has 0 atom stereocenters. The lowest BCUT2D eigenvalue weighted by atomic mass is 10.1. The molecule has 1 aliphatic heterocycles. The number of hydrogen-bond donors (Lipinski definition) is 0. The molecule has 1 fully saturated rings. The van der Waals surface area contributed by atoms with Gasteiger partial charge in [0.2, 0.25) is 0 Å². The van der Waals surface area contributed by atoms with Gasteiger partial charge < -0.3 is 14.2 Å². The zero-order chi connectivity index (χ0) is 12.1. The van der Waals surface area contributed by atoms with Crippen molar-refractivity contribution in [3.63, 3.8) is 0 Å². The van der Waals surface area contributed by atoms with Crippen molar-refractivity contribution in [3.8, 4) is 5.75 Å². The van der Waals surface area contributed by atoms with E-state index in [0.717, 1.165) is 31.8 Å². The molecular formula is C14H20O3. The Labute approximate surface area is 103 Å². The van der Waals surface area contributed by atoms with Crippen LogP contribution in [0.15, 0.2) is 18.2 Å². The number of aryl methyl sites for hydroxylation is 2. The summed E-state index contributed by atoms with van der Waals surface area (Å²) in [4.78, 5) is 0. The van der Waals surface area contributed by atoms with Gasteiger partial charge in [-0.15, -0.1) is 0 Å². The first-order chi connectivity index (χ1) is 8.25. The molecule has 0 bridgehead atoms. The number of benzene rings is 1. The third kappa shape index (κ3) is 3.72. The Hall–Kier alpha value is -1.06. The summed E-state index contributed by atoms with van der Waals surface area (Å²) in [6.45, 7) is 6.36. The molecule has 1 aliphatic rings. The van der Waals surface area contributed by atoms with E-state index < -0.39 is 0 Å². The van der Waals surface area contributed by atoms with Crippen LogP contribution in [0.25, 0.3) is 0 Å². The number of hydrogen-bond acceptors (Lipinski definition) is 3. The van der Waals surface area contributed by atoms with Crippen molar-refractivity contribution < 1.29 is 14.2 Å². The Balaban J connectivity index is 1.79. The summed E-state index contributed by atoms with van der Waals surface area (Å²) in [5, 5.41) is 0. The smallest absolute Gasteiger partial charge is 0.160 e. The average molecular weight is 236 g/mol. The van der Waals surface area contributed by atoms with Gasteiger partial charge in [-0.3, -0.25) is 0 Å². The molecule has 1 aromatic carbocycles. The van der Waals surface area contributed by atoms with E-state index in [0.29, 0.717) is 6.61 Å². The van der Waals surface area contributed by atoms with Gasteiger partial charge in [0.1, 0.15) is 5.75 Å². The zero-order valence-electron chi connectivity index (χ0n) is 10.6. The van der Waals surface area contributed by atoms with Crippen LogP contribution in [-0.4, -0.2) is 26.1 Å². The fourth-order valence-corrected chi connectivity index (χ4v) is 1.83. The van der Waals surface area contributed by atoms with Crippen LogP contribution in [0.3, 0.4) is 0 Å². The van der Waals surface area contributed by atoms with Crippen molar-refractivity contribution in [2.24, 2.45) is 0 Å². The molecule has 0 unspecified atom stereocenters. The molecule has 94 valence electrons. The Morgan fingerprint density at radius 1 is 1.24 bits per heavy atom. The van der Waals surface area contributed by atoms with Crippen LogP contribution < -0.4 is 4.74 Å². The van der Waals surface area contributed by atoms with Crippen molar-refractivity contribution in [3.05, 3.63) is 29.3 Å². The molecular weight excluding hydrogens is 216 g/mol. The molecule has 17 heavy (non-hydrogen) atoms. The van der Waals surface area contributed by atoms with E-state index in [-0.39, 0.29) is 6.29 Å². The highest BCUT2D eigenvalue weighted by molar-refractivity contribution is 5.35. The summed E-state index contributed by atoms with van der Waals surface area (Å²) in [6, 6.07) is 6.24. The van der Waals surface area contributed by atoms with E-state index in [2.05, 4.69) is 32.0 Å². The molecule has 3 nitrogen and oxygen atoms in total. The largest absolute Gasteiger partial charge is 0.493 e. The summed E-state index contributed by atoms with van der Waals surface area (Å²) >= 11 is 0. The molecule has 1 aromatic rings. The molecule has 1 saturated heterocycles. The minimum atomic E-state index is -0.0890. The van der Waals surface area contributed by atoms with Gasteiger partial charge in [-0.25, -0.2) is 0 Å². The monoisotopic (exact) mass is 236 g/mol. The molecule has 0 N–H and O–H groups in total. The van der Waals surface area contributed by atoms with Gasteiger partial charge in [0.25, 0.3) is 0 Å². The zero-order valence-corrected chi connectivity index (χ0v) is 10.6. The first kappa shape index (κ1) is 12.4. The quantitative estimate of drug-likeness (QED) is 0.804. The maximum atomic E-state index is 5.76. The summed E-state index contributed by atoms with van der Waals surface area (Å²) < 4.78 is 16.7. The van der Waals surface area contributed by atoms with Crippen LogP contribution in [0, 0.1) is 13.8 Å². The minimum absolute atomic E-state index is 0.0890. The van der Waals surface area contributed by atoms with Crippen LogP contribution in [0.5, 0.6) is 5.75 Å². The Morgan fingerprint density at radius 2 is 2.00 bits per heavy atom. The molecule has 0 spiro atoms. The second-order valence-electron chi connectivity index (χ2n) is 4.43. The van der Waals surface area contributed by atoms with E-state index >= 15 is 0 Å². The molecule has 0 aromatic heterocycles. The van der Waals surface area contributed by atoms with E-state index in [9.17, 15) is 0 Å². The first-order valence-electron chi connectivity index (χ1n) is 6.19. The van der Waals surface area contributed by atoms with Gasteiger partial charge in [0, 0.05) is 6.42 Å². The number of rotatable bonds is 4. The Morgan fingerprint density at radius 3 is 2.76 bits per heavy atom. The van der Waals surface area contributed by atoms with Crippen LogP contribution in [0.1, 0.15) is 24.0 Å². The van der Waals surface area contributed by atoms with Crippen molar-refractivity contribution >= 4 is 0 Å². The second kappa shape index (κ2) is 6.03. The van der Waals surface area contributed by atoms with Crippen LogP contribution in [-0.2, 0) is 9.47 Å². The van der Waals surface area contributed by atoms with E-state index in [4.69, 9.17) is 14.2 Å². The van der Waals surface area contributed by atoms with E-state index in [1.54, 1.807) is 0 Å². The molecule has 0 aliphatic carbocycles. The lowest BCUT2D eigenvalue weighted by Crippen LogP contribution is -2.26. The lowest BCUT2D eigenvalue weighted by molar-refractivity contribution is -0.183. The van der Waals surface area contributed by atoms with Crippen LogP contribution in [0.4, 0.5) is 0 Å². The SMILES string of the molecule is Cc1ccc(C)c(OCCC2OCCCO2)c1. The molecule has 0 amide bonds. The Bertz CT molecular complexity index is 356. The summed E-state index contributed by atoms with van der Waals surface area (Å²) in [6.07, 6.45) is 1.69. The van der Waals surface area contributed by atoms with Crippen molar-refractivity contribution in [1.29, 1.82) is 0 Å². The summed E-state index contributed by atoms with van der Waals surface area (Å²) in [5.41, 5.74) is 2.39. The van der Waals surface area contributed by atoms with E-state index in [1.165, 1.54) is 11.1 Å². The predicted octanol–water partition coefficient (Wildman–Crippen LogP) is 2.84. The maximum Gasteiger partial charge on any atom is 0.160 e. The molecule has 2 rings (SSSR count). The minimum Gasteiger partial charge on any atom is -0.493 e. The van der Waals surface area contributed by atoms with Crippen molar-refractivity contribution in [1.82, 2.24) is 0 Å². The second-order valence-corrected chi connectivity index (χ2v) is 4.43. The molecule has 0 saturated carbocycles. The molecule has 3 heteroatoms. The van der Waals surface area contributed by atoms with E-state index in [1.807, 2.05) is 0 Å².